The summed E-state index contributed by atoms with van der Waals surface area (Å²) in [5.41, 5.74) is 1.86. The van der Waals surface area contributed by atoms with Crippen LogP contribution in [0, 0.1) is 0 Å². The molecule has 3 aromatic rings. The third kappa shape index (κ3) is 5.85. The molecular weight excluding hydrogens is 444 g/mol. The Kier molecular flexibility index (Phi) is 8.72. The summed E-state index contributed by atoms with van der Waals surface area (Å²) in [6.07, 6.45) is 3.04. The van der Waals surface area contributed by atoms with E-state index in [-0.39, 0.29) is 5.04 Å². The van der Waals surface area contributed by atoms with Crippen molar-refractivity contribution in [1.82, 2.24) is 0 Å². The minimum atomic E-state index is -2.54. The summed E-state index contributed by atoms with van der Waals surface area (Å²) in [7, 11) is -2.54. The van der Waals surface area contributed by atoms with Gasteiger partial charge in [-0.1, -0.05) is 118 Å². The quantitative estimate of drug-likeness (QED) is 0.211. The van der Waals surface area contributed by atoms with Crippen molar-refractivity contribution in [1.29, 1.82) is 0 Å². The van der Waals surface area contributed by atoms with Crippen molar-refractivity contribution in [3.63, 3.8) is 0 Å². The summed E-state index contributed by atoms with van der Waals surface area (Å²) < 4.78 is 6.96. The van der Waals surface area contributed by atoms with Gasteiger partial charge in [-0.2, -0.15) is 0 Å². The Balaban J connectivity index is 1.86. The van der Waals surface area contributed by atoms with E-state index >= 15 is 0 Å². The van der Waals surface area contributed by atoms with E-state index in [1.165, 1.54) is 10.4 Å². The molecule has 174 valence electrons. The number of hydrogen-bond acceptors (Lipinski definition) is 2. The van der Waals surface area contributed by atoms with Gasteiger partial charge in [-0.3, -0.25) is 0 Å². The van der Waals surface area contributed by atoms with E-state index in [0.717, 1.165) is 24.0 Å². The summed E-state index contributed by atoms with van der Waals surface area (Å²) in [6, 6.07) is 28.8. The van der Waals surface area contributed by atoms with Gasteiger partial charge in [0.2, 0.25) is 0 Å². The lowest BCUT2D eigenvalue weighted by Gasteiger charge is -2.43. The smallest absolute Gasteiger partial charge is 0.261 e. The monoisotopic (exact) mass is 478 g/mol. The Morgan fingerprint density at radius 2 is 1.42 bits per heavy atom. The summed E-state index contributed by atoms with van der Waals surface area (Å²) >= 11 is 6.00. The maximum atomic E-state index is 10.9. The zero-order valence-electron chi connectivity index (χ0n) is 20.1. The molecule has 2 nitrogen and oxygen atoms in total. The molecule has 0 fully saturated rings. The normalized spacial score (nSPS) is 13.7. The van der Waals surface area contributed by atoms with Crippen LogP contribution in [0.15, 0.2) is 96.6 Å². The number of benzene rings is 3. The van der Waals surface area contributed by atoms with Crippen molar-refractivity contribution in [2.75, 3.05) is 6.61 Å². The average Bonchev–Trinajstić information content (AvgIpc) is 2.82. The molecule has 4 heteroatoms. The van der Waals surface area contributed by atoms with Crippen LogP contribution in [0.4, 0.5) is 0 Å². The Bertz CT molecular complexity index is 985. The predicted octanol–water partition coefficient (Wildman–Crippen LogP) is 6.68. The molecule has 1 unspecified atom stereocenters. The molecule has 0 aliphatic heterocycles. The highest BCUT2D eigenvalue weighted by Crippen LogP contribution is 2.37. The zero-order chi connectivity index (χ0) is 23.9. The zero-order valence-corrected chi connectivity index (χ0v) is 21.8. The average molecular weight is 479 g/mol. The molecule has 0 spiro atoms. The lowest BCUT2D eigenvalue weighted by molar-refractivity contribution is 0.211. The number of hydrogen-bond donors (Lipinski definition) is 1. The van der Waals surface area contributed by atoms with Crippen molar-refractivity contribution in [3.8, 4) is 0 Å². The van der Waals surface area contributed by atoms with Crippen LogP contribution in [0.25, 0.3) is 0 Å². The van der Waals surface area contributed by atoms with Crippen LogP contribution in [0.2, 0.25) is 10.1 Å². The van der Waals surface area contributed by atoms with E-state index in [9.17, 15) is 5.11 Å². The van der Waals surface area contributed by atoms with Gasteiger partial charge >= 0.3 is 0 Å². The summed E-state index contributed by atoms with van der Waals surface area (Å²) in [6.45, 7) is 9.54. The molecule has 0 heterocycles. The van der Waals surface area contributed by atoms with Gasteiger partial charge in [0.25, 0.3) is 8.32 Å². The van der Waals surface area contributed by atoms with Crippen LogP contribution < -0.4 is 10.4 Å². The molecule has 0 aromatic heterocycles. The largest absolute Gasteiger partial charge is 0.407 e. The van der Waals surface area contributed by atoms with Gasteiger partial charge in [0, 0.05) is 11.6 Å². The fourth-order valence-corrected chi connectivity index (χ4v) is 9.23. The van der Waals surface area contributed by atoms with Gasteiger partial charge in [0.1, 0.15) is 6.10 Å². The topological polar surface area (TPSA) is 29.5 Å². The van der Waals surface area contributed by atoms with Crippen molar-refractivity contribution >= 4 is 30.3 Å². The first-order valence-electron chi connectivity index (χ1n) is 11.7. The molecule has 0 aliphatic carbocycles. The van der Waals surface area contributed by atoms with Crippen molar-refractivity contribution in [2.45, 2.75) is 51.7 Å². The second-order valence-corrected chi connectivity index (χ2v) is 14.1. The van der Waals surface area contributed by atoms with Gasteiger partial charge in [0.15, 0.2) is 0 Å². The molecule has 0 saturated heterocycles. The van der Waals surface area contributed by atoms with Gasteiger partial charge in [0.05, 0.1) is 0 Å². The van der Waals surface area contributed by atoms with E-state index in [1.807, 2.05) is 24.3 Å². The highest BCUT2D eigenvalue weighted by molar-refractivity contribution is 6.99. The van der Waals surface area contributed by atoms with Crippen LogP contribution in [0.1, 0.15) is 52.2 Å². The van der Waals surface area contributed by atoms with E-state index in [1.54, 1.807) is 0 Å². The predicted molar refractivity (Wildman–Crippen MR) is 143 cm³/mol. The van der Waals surface area contributed by atoms with E-state index in [2.05, 4.69) is 94.4 Å². The maximum absolute atomic E-state index is 10.9. The Labute approximate surface area is 205 Å². The molecule has 0 amide bonds. The minimum Gasteiger partial charge on any atom is -0.407 e. The van der Waals surface area contributed by atoms with Crippen LogP contribution in [0.5, 0.6) is 0 Å². The Hall–Kier alpha value is -2.17. The number of aliphatic hydroxyl groups is 1. The molecule has 0 radical (unpaired) electrons. The standard InChI is InChI=1S/C29H35ClO2Si/c1-5-23(28(31)24-18-20-25(30)21-19-24)13-12-22-32-33(29(2,3)4,26-14-8-6-9-15-26)27-16-10-7-11-17-27/h6-11,13-21,28,31H,5,12,22H2,1-4H3/b23-13-. The van der Waals surface area contributed by atoms with Crippen molar-refractivity contribution in [2.24, 2.45) is 0 Å². The summed E-state index contributed by atoms with van der Waals surface area (Å²) in [5.74, 6) is 0. The van der Waals surface area contributed by atoms with Crippen LogP contribution in [-0.2, 0) is 4.43 Å². The van der Waals surface area contributed by atoms with E-state index in [4.69, 9.17) is 16.0 Å². The summed E-state index contributed by atoms with van der Waals surface area (Å²) in [4.78, 5) is 0. The first kappa shape index (κ1) is 25.4. The van der Waals surface area contributed by atoms with Crippen LogP contribution in [-0.4, -0.2) is 20.0 Å². The number of rotatable bonds is 9. The first-order chi connectivity index (χ1) is 15.8. The van der Waals surface area contributed by atoms with Crippen LogP contribution in [0.3, 0.4) is 0 Å². The molecular formula is C29H35ClO2Si. The molecule has 1 N–H and O–H groups in total. The van der Waals surface area contributed by atoms with Gasteiger partial charge in [-0.25, -0.2) is 0 Å². The lowest BCUT2D eigenvalue weighted by Crippen LogP contribution is -2.66. The molecule has 1 atom stereocenters. The fourth-order valence-electron chi connectivity index (χ4n) is 4.53. The lowest BCUT2D eigenvalue weighted by atomic mass is 9.99. The van der Waals surface area contributed by atoms with Gasteiger partial charge in [-0.05, 0) is 51.5 Å². The van der Waals surface area contributed by atoms with E-state index in [0.29, 0.717) is 11.6 Å². The minimum absolute atomic E-state index is 0.0458. The third-order valence-electron chi connectivity index (χ3n) is 6.20. The molecule has 0 aliphatic rings. The van der Waals surface area contributed by atoms with E-state index < -0.39 is 14.4 Å². The second-order valence-electron chi connectivity index (χ2n) is 9.39. The highest BCUT2D eigenvalue weighted by Gasteiger charge is 2.49. The second kappa shape index (κ2) is 11.3. The molecule has 33 heavy (non-hydrogen) atoms. The SMILES string of the molecule is CC/C(=C/CCO[Si](c1ccccc1)(c1ccccc1)C(C)(C)C)C(O)c1ccc(Cl)cc1. The molecule has 0 bridgehead atoms. The molecule has 3 aromatic carbocycles. The fraction of sp³-hybridized carbons (Fsp3) is 0.310. The van der Waals surface area contributed by atoms with Crippen molar-refractivity contribution < 1.29 is 9.53 Å². The van der Waals surface area contributed by atoms with Crippen molar-refractivity contribution in [3.05, 3.63) is 107 Å². The van der Waals surface area contributed by atoms with Gasteiger partial charge < -0.3 is 9.53 Å². The summed E-state index contributed by atoms with van der Waals surface area (Å²) in [5, 5.41) is 14.1. The maximum Gasteiger partial charge on any atom is 0.261 e. The molecule has 3 rings (SSSR count). The highest BCUT2D eigenvalue weighted by atomic mass is 35.5. The first-order valence-corrected chi connectivity index (χ1v) is 14.0. The number of halogens is 1. The molecule has 0 saturated carbocycles. The number of aliphatic hydroxyl groups excluding tert-OH is 1. The third-order valence-corrected chi connectivity index (χ3v) is 11.5. The van der Waals surface area contributed by atoms with Crippen LogP contribution >= 0.6 is 11.6 Å². The Morgan fingerprint density at radius 3 is 1.88 bits per heavy atom. The van der Waals surface area contributed by atoms with Gasteiger partial charge in [-0.15, -0.1) is 0 Å². The Morgan fingerprint density at radius 1 is 0.909 bits per heavy atom.